The van der Waals surface area contributed by atoms with Gasteiger partial charge in [0.1, 0.15) is 0 Å². The van der Waals surface area contributed by atoms with E-state index in [1.165, 1.54) is 18.2 Å². The molecular weight excluding hydrogens is 428 g/mol. The zero-order chi connectivity index (χ0) is 20.5. The van der Waals surface area contributed by atoms with Gasteiger partial charge < -0.3 is 20.1 Å². The van der Waals surface area contributed by atoms with E-state index in [9.17, 15) is 14.4 Å². The van der Waals surface area contributed by atoms with E-state index in [1.54, 1.807) is 19.9 Å². The second-order valence-electron chi connectivity index (χ2n) is 5.62. The first kappa shape index (κ1) is 21.4. The van der Waals surface area contributed by atoms with Crippen molar-refractivity contribution < 1.29 is 23.9 Å². The van der Waals surface area contributed by atoms with Crippen LogP contribution in [-0.4, -0.2) is 37.6 Å². The van der Waals surface area contributed by atoms with Gasteiger partial charge in [-0.2, -0.15) is 0 Å². The van der Waals surface area contributed by atoms with Gasteiger partial charge >= 0.3 is 11.9 Å². The summed E-state index contributed by atoms with van der Waals surface area (Å²) in [6.45, 7) is 3.74. The highest BCUT2D eigenvalue weighted by Gasteiger charge is 2.15. The van der Waals surface area contributed by atoms with Gasteiger partial charge in [-0.25, -0.2) is 9.59 Å². The van der Waals surface area contributed by atoms with Gasteiger partial charge in [-0.3, -0.25) is 4.79 Å². The Morgan fingerprint density at radius 3 is 2.04 bits per heavy atom. The minimum atomic E-state index is -0.561. The van der Waals surface area contributed by atoms with Gasteiger partial charge in [-0.15, -0.1) is 0 Å². The number of amides is 1. The minimum absolute atomic E-state index is 0.0596. The van der Waals surface area contributed by atoms with Crippen molar-refractivity contribution in [1.82, 2.24) is 0 Å². The molecule has 0 fully saturated rings. The van der Waals surface area contributed by atoms with Gasteiger partial charge in [0.15, 0.2) is 0 Å². The van der Waals surface area contributed by atoms with Gasteiger partial charge in [-0.1, -0.05) is 12.1 Å². The first-order valence-corrected chi connectivity index (χ1v) is 9.51. The second-order valence-corrected chi connectivity index (χ2v) is 6.48. The smallest absolute Gasteiger partial charge is 0.338 e. The number of carbonyl (C=O) groups is 3. The molecule has 0 radical (unpaired) electrons. The highest BCUT2D eigenvalue weighted by Crippen LogP contribution is 2.21. The van der Waals surface area contributed by atoms with E-state index in [0.29, 0.717) is 11.4 Å². The molecule has 0 heterocycles. The van der Waals surface area contributed by atoms with Crippen molar-refractivity contribution in [2.45, 2.75) is 13.8 Å². The summed E-state index contributed by atoms with van der Waals surface area (Å²) in [6.07, 6.45) is 0. The van der Waals surface area contributed by atoms with Crippen LogP contribution in [0.5, 0.6) is 0 Å². The number of benzene rings is 2. The maximum absolute atomic E-state index is 12.2. The van der Waals surface area contributed by atoms with Crippen LogP contribution >= 0.6 is 15.9 Å². The lowest BCUT2D eigenvalue weighted by molar-refractivity contribution is -0.114. The molecule has 0 aliphatic carbocycles. The van der Waals surface area contributed by atoms with Crippen LogP contribution in [0.1, 0.15) is 34.6 Å². The molecule has 0 spiro atoms. The fourth-order valence-electron chi connectivity index (χ4n) is 2.33. The molecule has 0 unspecified atom stereocenters. The van der Waals surface area contributed by atoms with Crippen molar-refractivity contribution in [2.24, 2.45) is 0 Å². The van der Waals surface area contributed by atoms with Crippen LogP contribution < -0.4 is 10.6 Å². The number of hydrogen-bond donors (Lipinski definition) is 2. The zero-order valence-corrected chi connectivity index (χ0v) is 17.2. The second kappa shape index (κ2) is 10.5. The first-order chi connectivity index (χ1) is 13.4. The molecule has 148 valence electrons. The molecule has 2 rings (SSSR count). The number of hydrogen-bond acceptors (Lipinski definition) is 6. The Morgan fingerprint density at radius 1 is 0.929 bits per heavy atom. The Balaban J connectivity index is 2.14. The van der Waals surface area contributed by atoms with Crippen molar-refractivity contribution in [2.75, 3.05) is 30.4 Å². The summed E-state index contributed by atoms with van der Waals surface area (Å²) in [6, 6.07) is 11.7. The molecule has 0 aromatic heterocycles. The molecular formula is C20H21BrN2O5. The van der Waals surface area contributed by atoms with E-state index in [1.807, 2.05) is 18.2 Å². The lowest BCUT2D eigenvalue weighted by Gasteiger charge is -2.12. The van der Waals surface area contributed by atoms with Crippen molar-refractivity contribution in [3.05, 3.63) is 58.1 Å². The molecule has 0 bridgehead atoms. The third-order valence-electron chi connectivity index (χ3n) is 3.56. The van der Waals surface area contributed by atoms with Crippen molar-refractivity contribution >= 4 is 45.2 Å². The van der Waals surface area contributed by atoms with Gasteiger partial charge in [0.05, 0.1) is 36.6 Å². The summed E-state index contributed by atoms with van der Waals surface area (Å²) < 4.78 is 10.7. The van der Waals surface area contributed by atoms with Gasteiger partial charge in [0.2, 0.25) is 5.91 Å². The number of rotatable bonds is 8. The van der Waals surface area contributed by atoms with Crippen molar-refractivity contribution in [3.63, 3.8) is 0 Å². The molecule has 28 heavy (non-hydrogen) atoms. The van der Waals surface area contributed by atoms with Crippen LogP contribution in [0.15, 0.2) is 46.9 Å². The topological polar surface area (TPSA) is 93.7 Å². The molecule has 0 saturated heterocycles. The zero-order valence-electron chi connectivity index (χ0n) is 15.6. The summed E-state index contributed by atoms with van der Waals surface area (Å²) >= 11 is 3.36. The molecule has 0 saturated carbocycles. The number of carbonyl (C=O) groups excluding carboxylic acids is 3. The Kier molecular flexibility index (Phi) is 8.01. The van der Waals surface area contributed by atoms with Crippen molar-refractivity contribution in [1.29, 1.82) is 0 Å². The fourth-order valence-corrected chi connectivity index (χ4v) is 2.72. The number of anilines is 2. The summed E-state index contributed by atoms with van der Waals surface area (Å²) in [5.74, 6) is -1.41. The molecule has 7 nitrogen and oxygen atoms in total. The van der Waals surface area contributed by atoms with Gasteiger partial charge in [0, 0.05) is 10.2 Å². The number of para-hydroxylation sites is 1. The summed E-state index contributed by atoms with van der Waals surface area (Å²) in [5, 5.41) is 5.68. The Morgan fingerprint density at radius 2 is 1.50 bits per heavy atom. The average Bonchev–Trinajstić information content (AvgIpc) is 2.68. The molecule has 2 N–H and O–H groups in total. The number of halogens is 1. The summed E-state index contributed by atoms with van der Waals surface area (Å²) in [5.41, 5.74) is 1.46. The maximum atomic E-state index is 12.2. The SMILES string of the molecule is CCOC(=O)c1cc(NCC(=O)Nc2ccccc2Br)cc(C(=O)OCC)c1. The largest absolute Gasteiger partial charge is 0.462 e. The third kappa shape index (κ3) is 6.09. The van der Waals surface area contributed by atoms with E-state index >= 15 is 0 Å². The van der Waals surface area contributed by atoms with E-state index < -0.39 is 11.9 Å². The lowest BCUT2D eigenvalue weighted by atomic mass is 10.1. The van der Waals surface area contributed by atoms with E-state index in [2.05, 4.69) is 26.6 Å². The van der Waals surface area contributed by atoms with Crippen molar-refractivity contribution in [3.8, 4) is 0 Å². The summed E-state index contributed by atoms with van der Waals surface area (Å²) in [7, 11) is 0. The summed E-state index contributed by atoms with van der Waals surface area (Å²) in [4.78, 5) is 36.3. The predicted molar refractivity (Wildman–Crippen MR) is 110 cm³/mol. The number of nitrogens with one attached hydrogen (secondary N) is 2. The van der Waals surface area contributed by atoms with Gasteiger partial charge in [0.25, 0.3) is 0 Å². The molecule has 2 aromatic rings. The van der Waals surface area contributed by atoms with Crippen LogP contribution in [0, 0.1) is 0 Å². The highest BCUT2D eigenvalue weighted by atomic mass is 79.9. The average molecular weight is 449 g/mol. The molecule has 0 atom stereocenters. The number of ether oxygens (including phenoxy) is 2. The van der Waals surface area contributed by atoms with Crippen LogP contribution in [0.25, 0.3) is 0 Å². The predicted octanol–water partition coefficient (Wildman–Crippen LogP) is 3.85. The monoisotopic (exact) mass is 448 g/mol. The van der Waals surface area contributed by atoms with E-state index in [4.69, 9.17) is 9.47 Å². The highest BCUT2D eigenvalue weighted by molar-refractivity contribution is 9.10. The molecule has 2 aromatic carbocycles. The van der Waals surface area contributed by atoms with E-state index in [-0.39, 0.29) is 36.8 Å². The van der Waals surface area contributed by atoms with Crippen LogP contribution in [-0.2, 0) is 14.3 Å². The Bertz CT molecular complexity index is 833. The molecule has 0 aliphatic heterocycles. The molecule has 1 amide bonds. The maximum Gasteiger partial charge on any atom is 0.338 e. The number of esters is 2. The Hall–Kier alpha value is -2.87. The fraction of sp³-hybridized carbons (Fsp3) is 0.250. The van der Waals surface area contributed by atoms with Crippen LogP contribution in [0.4, 0.5) is 11.4 Å². The first-order valence-electron chi connectivity index (χ1n) is 8.72. The third-order valence-corrected chi connectivity index (χ3v) is 4.25. The lowest BCUT2D eigenvalue weighted by Crippen LogP contribution is -2.22. The minimum Gasteiger partial charge on any atom is -0.462 e. The normalized spacial score (nSPS) is 10.1. The van der Waals surface area contributed by atoms with Crippen LogP contribution in [0.3, 0.4) is 0 Å². The van der Waals surface area contributed by atoms with Gasteiger partial charge in [-0.05, 0) is 60.1 Å². The Labute approximate surface area is 171 Å². The molecule has 8 heteroatoms. The standard InChI is InChI=1S/C20H21BrN2O5/c1-3-27-19(25)13-9-14(20(26)28-4-2)11-15(10-13)22-12-18(24)23-17-8-6-5-7-16(17)21/h5-11,22H,3-4,12H2,1-2H3,(H,23,24). The quantitative estimate of drug-likeness (QED) is 0.595. The molecule has 0 aliphatic rings. The van der Waals surface area contributed by atoms with Crippen LogP contribution in [0.2, 0.25) is 0 Å². The van der Waals surface area contributed by atoms with E-state index in [0.717, 1.165) is 4.47 Å².